The predicted molar refractivity (Wildman–Crippen MR) is 109 cm³/mol. The Morgan fingerprint density at radius 3 is 2.83 bits per heavy atom. The predicted octanol–water partition coefficient (Wildman–Crippen LogP) is 0.902. The largest absolute Gasteiger partial charge is 0.492 e. The Morgan fingerprint density at radius 1 is 1.28 bits per heavy atom. The minimum Gasteiger partial charge on any atom is -0.492 e. The molecule has 0 spiro atoms. The highest BCUT2D eigenvalue weighted by Gasteiger charge is 2.22. The number of benzene rings is 1. The topological polar surface area (TPSA) is 96.0 Å². The fraction of sp³-hybridized carbons (Fsp3) is 0.600. The summed E-state index contributed by atoms with van der Waals surface area (Å²) in [6.07, 6.45) is 4.46. The quantitative estimate of drug-likeness (QED) is 0.627. The van der Waals surface area contributed by atoms with Crippen LogP contribution in [0.1, 0.15) is 36.8 Å². The van der Waals surface area contributed by atoms with Gasteiger partial charge in [-0.1, -0.05) is 12.1 Å². The first kappa shape index (κ1) is 21.6. The summed E-state index contributed by atoms with van der Waals surface area (Å²) < 4.78 is 30.8. The molecule has 1 N–H and O–H groups in total. The van der Waals surface area contributed by atoms with Crippen molar-refractivity contribution >= 4 is 21.8 Å². The van der Waals surface area contributed by atoms with Crippen molar-refractivity contribution < 1.29 is 22.7 Å². The average molecular weight is 424 g/mol. The Kier molecular flexibility index (Phi) is 7.13. The van der Waals surface area contributed by atoms with Crippen molar-refractivity contribution in [2.24, 2.45) is 0 Å². The molecule has 0 unspecified atom stereocenters. The van der Waals surface area contributed by atoms with E-state index in [0.29, 0.717) is 51.3 Å². The first-order valence-corrected chi connectivity index (χ1v) is 11.9. The maximum absolute atomic E-state index is 12.1. The SMILES string of the molecule is CS(=O)(=O)N1CCOc2ccc(CCC(=O)NCCCN3CCCC3=O)cc2C1. The summed E-state index contributed by atoms with van der Waals surface area (Å²) in [5, 5.41) is 2.90. The Balaban J connectivity index is 1.45. The molecule has 0 aliphatic carbocycles. The number of amides is 2. The monoisotopic (exact) mass is 423 g/mol. The molecule has 2 aliphatic heterocycles. The summed E-state index contributed by atoms with van der Waals surface area (Å²) in [5.74, 6) is 0.875. The molecule has 29 heavy (non-hydrogen) atoms. The summed E-state index contributed by atoms with van der Waals surface area (Å²) in [7, 11) is -3.29. The zero-order valence-electron chi connectivity index (χ0n) is 16.9. The van der Waals surface area contributed by atoms with E-state index in [1.807, 2.05) is 23.1 Å². The Bertz CT molecular complexity index is 856. The highest BCUT2D eigenvalue weighted by molar-refractivity contribution is 7.88. The first-order chi connectivity index (χ1) is 13.8. The molecule has 1 fully saturated rings. The van der Waals surface area contributed by atoms with Gasteiger partial charge in [-0.15, -0.1) is 0 Å². The summed E-state index contributed by atoms with van der Waals surface area (Å²) in [6, 6.07) is 5.69. The Hall–Kier alpha value is -2.13. The second-order valence-electron chi connectivity index (χ2n) is 7.57. The maximum Gasteiger partial charge on any atom is 0.222 e. The van der Waals surface area contributed by atoms with Crippen LogP contribution < -0.4 is 10.1 Å². The van der Waals surface area contributed by atoms with Gasteiger partial charge in [-0.05, 0) is 30.9 Å². The molecule has 2 amide bonds. The lowest BCUT2D eigenvalue weighted by Crippen LogP contribution is -2.31. The minimum atomic E-state index is -3.29. The third-order valence-electron chi connectivity index (χ3n) is 5.28. The van der Waals surface area contributed by atoms with Gasteiger partial charge in [-0.2, -0.15) is 4.31 Å². The summed E-state index contributed by atoms with van der Waals surface area (Å²) in [5.41, 5.74) is 1.79. The molecule has 0 radical (unpaired) electrons. The van der Waals surface area contributed by atoms with Crippen LogP contribution in [0, 0.1) is 0 Å². The molecule has 0 bridgehead atoms. The van der Waals surface area contributed by atoms with Crippen LogP contribution in [-0.2, 0) is 32.6 Å². The van der Waals surface area contributed by atoms with E-state index in [-0.39, 0.29) is 18.4 Å². The zero-order chi connectivity index (χ0) is 20.9. The second-order valence-corrected chi connectivity index (χ2v) is 9.56. The molecule has 9 heteroatoms. The number of ether oxygens (including phenoxy) is 1. The van der Waals surface area contributed by atoms with Gasteiger partial charge in [0.05, 0.1) is 6.26 Å². The molecule has 160 valence electrons. The number of aryl methyl sites for hydroxylation is 1. The smallest absolute Gasteiger partial charge is 0.222 e. The van der Waals surface area contributed by atoms with Crippen molar-refractivity contribution in [1.29, 1.82) is 0 Å². The second kappa shape index (κ2) is 9.58. The van der Waals surface area contributed by atoms with Crippen LogP contribution in [0.5, 0.6) is 5.75 Å². The van der Waals surface area contributed by atoms with Gasteiger partial charge < -0.3 is 15.0 Å². The van der Waals surface area contributed by atoms with Crippen LogP contribution in [-0.4, -0.2) is 68.5 Å². The van der Waals surface area contributed by atoms with Gasteiger partial charge in [-0.25, -0.2) is 8.42 Å². The van der Waals surface area contributed by atoms with E-state index < -0.39 is 10.0 Å². The first-order valence-electron chi connectivity index (χ1n) is 10.1. The van der Waals surface area contributed by atoms with Gasteiger partial charge in [0.2, 0.25) is 21.8 Å². The van der Waals surface area contributed by atoms with E-state index >= 15 is 0 Å². The number of nitrogens with one attached hydrogen (secondary N) is 1. The Labute approximate surface area is 172 Å². The van der Waals surface area contributed by atoms with Gasteiger partial charge >= 0.3 is 0 Å². The van der Waals surface area contributed by atoms with E-state index in [9.17, 15) is 18.0 Å². The van der Waals surface area contributed by atoms with E-state index in [1.54, 1.807) is 0 Å². The van der Waals surface area contributed by atoms with E-state index in [4.69, 9.17) is 4.74 Å². The van der Waals surface area contributed by atoms with Crippen LogP contribution in [0.3, 0.4) is 0 Å². The van der Waals surface area contributed by atoms with Crippen molar-refractivity contribution in [2.75, 3.05) is 39.0 Å². The summed E-state index contributed by atoms with van der Waals surface area (Å²) in [4.78, 5) is 25.5. The van der Waals surface area contributed by atoms with E-state index in [0.717, 1.165) is 30.5 Å². The summed E-state index contributed by atoms with van der Waals surface area (Å²) in [6.45, 7) is 3.01. The van der Waals surface area contributed by atoms with Crippen LogP contribution in [0.25, 0.3) is 0 Å². The van der Waals surface area contributed by atoms with Crippen LogP contribution in [0.2, 0.25) is 0 Å². The standard InChI is InChI=1S/C20H29N3O5S/c1-29(26,27)23-12-13-28-18-7-5-16(14-17(18)15-23)6-8-19(24)21-9-3-11-22-10-2-4-20(22)25/h5,7,14H,2-4,6,8-13,15H2,1H3,(H,21,24). The molecule has 2 heterocycles. The lowest BCUT2D eigenvalue weighted by molar-refractivity contribution is -0.127. The normalized spacial score (nSPS) is 17.6. The molecule has 0 atom stereocenters. The molecule has 0 aromatic heterocycles. The average Bonchev–Trinajstić information content (AvgIpc) is 2.95. The van der Waals surface area contributed by atoms with Crippen molar-refractivity contribution in [3.63, 3.8) is 0 Å². The number of hydrogen-bond donors (Lipinski definition) is 1. The molecule has 3 rings (SSSR count). The molecule has 1 aromatic rings. The molecule has 0 saturated carbocycles. The van der Waals surface area contributed by atoms with Crippen LogP contribution in [0.15, 0.2) is 18.2 Å². The number of sulfonamides is 1. The molecular formula is C20H29N3O5S. The number of rotatable bonds is 8. The highest BCUT2D eigenvalue weighted by atomic mass is 32.2. The molecular weight excluding hydrogens is 394 g/mol. The summed E-state index contributed by atoms with van der Waals surface area (Å²) >= 11 is 0. The Morgan fingerprint density at radius 2 is 2.10 bits per heavy atom. The van der Waals surface area contributed by atoms with Crippen molar-refractivity contribution in [2.45, 2.75) is 38.6 Å². The number of hydrogen-bond acceptors (Lipinski definition) is 5. The van der Waals surface area contributed by atoms with Gasteiger partial charge in [0.1, 0.15) is 12.4 Å². The number of nitrogens with zero attached hydrogens (tertiary/aromatic N) is 2. The number of carbonyl (C=O) groups is 2. The van der Waals surface area contributed by atoms with Gasteiger partial charge in [0.15, 0.2) is 0 Å². The van der Waals surface area contributed by atoms with Crippen molar-refractivity contribution in [3.05, 3.63) is 29.3 Å². The van der Waals surface area contributed by atoms with Gasteiger partial charge in [0.25, 0.3) is 0 Å². The van der Waals surface area contributed by atoms with Crippen LogP contribution >= 0.6 is 0 Å². The number of carbonyl (C=O) groups excluding carboxylic acids is 2. The molecule has 8 nitrogen and oxygen atoms in total. The van der Waals surface area contributed by atoms with Crippen molar-refractivity contribution in [3.8, 4) is 5.75 Å². The fourth-order valence-electron chi connectivity index (χ4n) is 3.65. The van der Waals surface area contributed by atoms with E-state index in [2.05, 4.69) is 5.32 Å². The highest BCUT2D eigenvalue weighted by Crippen LogP contribution is 2.26. The fourth-order valence-corrected chi connectivity index (χ4v) is 4.43. The third kappa shape index (κ3) is 6.17. The maximum atomic E-state index is 12.1. The number of fused-ring (bicyclic) bond motifs is 1. The third-order valence-corrected chi connectivity index (χ3v) is 6.53. The lowest BCUT2D eigenvalue weighted by atomic mass is 10.1. The van der Waals surface area contributed by atoms with Gasteiger partial charge in [0, 0.05) is 51.1 Å². The zero-order valence-corrected chi connectivity index (χ0v) is 17.7. The van der Waals surface area contributed by atoms with E-state index in [1.165, 1.54) is 10.6 Å². The van der Waals surface area contributed by atoms with Crippen LogP contribution in [0.4, 0.5) is 0 Å². The molecule has 1 saturated heterocycles. The number of likely N-dealkylation sites (tertiary alicyclic amines) is 1. The minimum absolute atomic E-state index is 0.0262. The lowest BCUT2D eigenvalue weighted by Gasteiger charge is -2.16. The molecule has 2 aliphatic rings. The van der Waals surface area contributed by atoms with Gasteiger partial charge in [-0.3, -0.25) is 9.59 Å². The van der Waals surface area contributed by atoms with Crippen molar-refractivity contribution in [1.82, 2.24) is 14.5 Å². The molecule has 1 aromatic carbocycles.